The molecule has 3 nitrogen and oxygen atoms in total. The molecule has 15 heavy (non-hydrogen) atoms. The van der Waals surface area contributed by atoms with Crippen molar-refractivity contribution in [2.75, 3.05) is 31.6 Å². The molecular formula is C11H20BrNO2. The van der Waals surface area contributed by atoms with E-state index in [1.165, 1.54) is 6.42 Å². The van der Waals surface area contributed by atoms with Crippen molar-refractivity contribution in [1.29, 1.82) is 0 Å². The highest BCUT2D eigenvalue weighted by molar-refractivity contribution is 9.09. The Hall–Kier alpha value is -0.0900. The molecule has 0 N–H and O–H groups in total. The molecule has 0 unspecified atom stereocenters. The quantitative estimate of drug-likeness (QED) is 0.569. The van der Waals surface area contributed by atoms with E-state index in [9.17, 15) is 4.79 Å². The van der Waals surface area contributed by atoms with Crippen LogP contribution in [0.2, 0.25) is 0 Å². The van der Waals surface area contributed by atoms with E-state index < -0.39 is 0 Å². The van der Waals surface area contributed by atoms with Gasteiger partial charge in [-0.3, -0.25) is 4.79 Å². The Bertz CT molecular complexity index is 191. The summed E-state index contributed by atoms with van der Waals surface area (Å²) in [5.74, 6) is 0.141. The number of carbonyl (C=O) groups excluding carboxylic acids is 1. The molecule has 0 aliphatic carbocycles. The summed E-state index contributed by atoms with van der Waals surface area (Å²) >= 11 is 3.43. The van der Waals surface area contributed by atoms with Crippen LogP contribution in [-0.4, -0.2) is 42.4 Å². The van der Waals surface area contributed by atoms with E-state index >= 15 is 0 Å². The molecule has 1 aliphatic heterocycles. The third kappa shape index (κ3) is 4.51. The van der Waals surface area contributed by atoms with E-state index in [0.29, 0.717) is 6.61 Å². The number of hydrogen-bond acceptors (Lipinski definition) is 3. The van der Waals surface area contributed by atoms with Gasteiger partial charge in [0.05, 0.1) is 12.5 Å². The zero-order valence-electron chi connectivity index (χ0n) is 9.38. The fourth-order valence-corrected chi connectivity index (χ4v) is 2.19. The van der Waals surface area contributed by atoms with Crippen LogP contribution in [0.3, 0.4) is 0 Å². The van der Waals surface area contributed by atoms with Crippen LogP contribution >= 0.6 is 15.9 Å². The maximum Gasteiger partial charge on any atom is 0.309 e. The highest BCUT2D eigenvalue weighted by atomic mass is 79.9. The predicted molar refractivity (Wildman–Crippen MR) is 64.2 cm³/mol. The Morgan fingerprint density at radius 1 is 1.47 bits per heavy atom. The highest BCUT2D eigenvalue weighted by Crippen LogP contribution is 2.18. The zero-order chi connectivity index (χ0) is 11.1. The topological polar surface area (TPSA) is 29.5 Å². The number of rotatable bonds is 5. The van der Waals surface area contributed by atoms with Gasteiger partial charge in [-0.25, -0.2) is 0 Å². The summed E-state index contributed by atoms with van der Waals surface area (Å²) in [4.78, 5) is 13.9. The molecule has 0 spiro atoms. The van der Waals surface area contributed by atoms with Crippen LogP contribution in [0.5, 0.6) is 0 Å². The Morgan fingerprint density at radius 2 is 2.13 bits per heavy atom. The molecule has 0 atom stereocenters. The predicted octanol–water partition coefficient (Wildman–Crippen LogP) is 2.05. The van der Waals surface area contributed by atoms with Crippen molar-refractivity contribution >= 4 is 21.9 Å². The maximum atomic E-state index is 11.5. The number of ether oxygens (including phenoxy) is 1. The van der Waals surface area contributed by atoms with E-state index in [1.54, 1.807) is 0 Å². The first-order chi connectivity index (χ1) is 7.27. The Labute approximate surface area is 100 Å². The molecule has 1 fully saturated rings. The van der Waals surface area contributed by atoms with Gasteiger partial charge < -0.3 is 9.64 Å². The molecule has 0 amide bonds. The second-order valence-corrected chi connectivity index (χ2v) is 4.70. The van der Waals surface area contributed by atoms with Gasteiger partial charge in [0.25, 0.3) is 0 Å². The molecule has 1 rings (SSSR count). The lowest BCUT2D eigenvalue weighted by atomic mass is 9.97. The number of halogens is 1. The molecule has 1 aliphatic rings. The second-order valence-electron chi connectivity index (χ2n) is 3.91. The number of alkyl halides is 1. The second kappa shape index (κ2) is 7.23. The van der Waals surface area contributed by atoms with Crippen LogP contribution in [0.15, 0.2) is 0 Å². The average Bonchev–Trinajstić information content (AvgIpc) is 2.27. The molecule has 88 valence electrons. The van der Waals surface area contributed by atoms with Gasteiger partial charge in [0.1, 0.15) is 0 Å². The summed E-state index contributed by atoms with van der Waals surface area (Å²) < 4.78 is 5.03. The van der Waals surface area contributed by atoms with Crippen LogP contribution < -0.4 is 0 Å². The van der Waals surface area contributed by atoms with Crippen molar-refractivity contribution in [2.24, 2.45) is 5.92 Å². The number of likely N-dealkylation sites (tertiary alicyclic amines) is 1. The average molecular weight is 278 g/mol. The summed E-state index contributed by atoms with van der Waals surface area (Å²) in [6.45, 7) is 5.58. The summed E-state index contributed by atoms with van der Waals surface area (Å²) in [7, 11) is 0. The Morgan fingerprint density at radius 3 is 2.67 bits per heavy atom. The summed E-state index contributed by atoms with van der Waals surface area (Å²) in [6.07, 6.45) is 3.10. The normalized spacial score (nSPS) is 19.1. The first kappa shape index (κ1) is 13.0. The van der Waals surface area contributed by atoms with Crippen LogP contribution in [0.1, 0.15) is 26.2 Å². The fourth-order valence-electron chi connectivity index (χ4n) is 1.94. The molecule has 4 heteroatoms. The van der Waals surface area contributed by atoms with Crippen LogP contribution in [-0.2, 0) is 9.53 Å². The van der Waals surface area contributed by atoms with Gasteiger partial charge in [-0.05, 0) is 45.8 Å². The number of hydrogen-bond donors (Lipinski definition) is 0. The van der Waals surface area contributed by atoms with E-state index in [1.807, 2.05) is 6.92 Å². The number of esters is 1. The minimum Gasteiger partial charge on any atom is -0.466 e. The number of nitrogens with zero attached hydrogens (tertiary/aromatic N) is 1. The third-order valence-corrected chi connectivity index (χ3v) is 3.38. The molecule has 1 heterocycles. The van der Waals surface area contributed by atoms with Crippen molar-refractivity contribution in [3.8, 4) is 0 Å². The third-order valence-electron chi connectivity index (χ3n) is 2.82. The molecule has 0 aromatic carbocycles. The van der Waals surface area contributed by atoms with Gasteiger partial charge in [0.15, 0.2) is 0 Å². The molecule has 1 saturated heterocycles. The number of piperidine rings is 1. The first-order valence-electron chi connectivity index (χ1n) is 5.73. The molecule has 0 aromatic heterocycles. The summed E-state index contributed by atoms with van der Waals surface area (Å²) in [5.41, 5.74) is 0. The van der Waals surface area contributed by atoms with Gasteiger partial charge in [-0.15, -0.1) is 0 Å². The monoisotopic (exact) mass is 277 g/mol. The Kier molecular flexibility index (Phi) is 6.25. The van der Waals surface area contributed by atoms with Gasteiger partial charge >= 0.3 is 5.97 Å². The van der Waals surface area contributed by atoms with E-state index in [-0.39, 0.29) is 11.9 Å². The summed E-state index contributed by atoms with van der Waals surface area (Å²) in [5, 5.41) is 1.06. The largest absolute Gasteiger partial charge is 0.466 e. The van der Waals surface area contributed by atoms with Crippen molar-refractivity contribution in [3.05, 3.63) is 0 Å². The van der Waals surface area contributed by atoms with Gasteiger partial charge in [-0.2, -0.15) is 0 Å². The Balaban J connectivity index is 2.20. The summed E-state index contributed by atoms with van der Waals surface area (Å²) in [6, 6.07) is 0. The van der Waals surface area contributed by atoms with Crippen molar-refractivity contribution < 1.29 is 9.53 Å². The highest BCUT2D eigenvalue weighted by Gasteiger charge is 2.25. The van der Waals surface area contributed by atoms with Crippen molar-refractivity contribution in [1.82, 2.24) is 4.90 Å². The van der Waals surface area contributed by atoms with E-state index in [2.05, 4.69) is 20.8 Å². The smallest absolute Gasteiger partial charge is 0.309 e. The van der Waals surface area contributed by atoms with Crippen LogP contribution in [0.25, 0.3) is 0 Å². The fraction of sp³-hybridized carbons (Fsp3) is 0.909. The molecular weight excluding hydrogens is 258 g/mol. The van der Waals surface area contributed by atoms with Crippen LogP contribution in [0, 0.1) is 5.92 Å². The zero-order valence-corrected chi connectivity index (χ0v) is 11.0. The minimum absolute atomic E-state index is 0.00218. The van der Waals surface area contributed by atoms with Gasteiger partial charge in [-0.1, -0.05) is 15.9 Å². The standard InChI is InChI=1S/C11H20BrNO2/c1-2-15-11(14)10-4-8-13(9-5-10)7-3-6-12/h10H,2-9H2,1H3. The van der Waals surface area contributed by atoms with E-state index in [4.69, 9.17) is 4.74 Å². The lowest BCUT2D eigenvalue weighted by molar-refractivity contribution is -0.149. The maximum absolute atomic E-state index is 11.5. The molecule has 0 radical (unpaired) electrons. The van der Waals surface area contributed by atoms with Gasteiger partial charge in [0.2, 0.25) is 0 Å². The number of carbonyl (C=O) groups is 1. The molecule has 0 saturated carbocycles. The molecule has 0 bridgehead atoms. The van der Waals surface area contributed by atoms with Crippen molar-refractivity contribution in [3.63, 3.8) is 0 Å². The minimum atomic E-state index is -0.00218. The van der Waals surface area contributed by atoms with Crippen LogP contribution in [0.4, 0.5) is 0 Å². The first-order valence-corrected chi connectivity index (χ1v) is 6.85. The van der Waals surface area contributed by atoms with E-state index in [0.717, 1.165) is 37.8 Å². The van der Waals surface area contributed by atoms with Crippen molar-refractivity contribution in [2.45, 2.75) is 26.2 Å². The molecule has 0 aromatic rings. The van der Waals surface area contributed by atoms with Gasteiger partial charge in [0, 0.05) is 5.33 Å². The lowest BCUT2D eigenvalue weighted by Gasteiger charge is -2.30. The SMILES string of the molecule is CCOC(=O)C1CCN(CCCBr)CC1. The lowest BCUT2D eigenvalue weighted by Crippen LogP contribution is -2.37.